The molecule has 0 aliphatic heterocycles. The van der Waals surface area contributed by atoms with Crippen LogP contribution in [0.3, 0.4) is 0 Å². The molecule has 0 atom stereocenters. The molecule has 5 nitrogen and oxygen atoms in total. The first-order chi connectivity index (χ1) is 8.61. The standard InChI is InChI=1S/C12H9ClN2O3/c13-12-6-10(15(17)18)4-3-9(12)7-14-5-1-2-11(14)8-16/h1-6,8H,7H2. The van der Waals surface area contributed by atoms with Gasteiger partial charge in [0.15, 0.2) is 6.29 Å². The van der Waals surface area contributed by atoms with Crippen LogP contribution in [0.25, 0.3) is 0 Å². The molecular weight excluding hydrogens is 256 g/mol. The highest BCUT2D eigenvalue weighted by Gasteiger charge is 2.10. The lowest BCUT2D eigenvalue weighted by Gasteiger charge is -2.07. The van der Waals surface area contributed by atoms with E-state index in [1.807, 2.05) is 0 Å². The fourth-order valence-electron chi connectivity index (χ4n) is 1.64. The summed E-state index contributed by atoms with van der Waals surface area (Å²) >= 11 is 5.98. The van der Waals surface area contributed by atoms with Crippen LogP contribution in [-0.2, 0) is 6.54 Å². The van der Waals surface area contributed by atoms with Crippen molar-refractivity contribution >= 4 is 23.6 Å². The molecule has 2 aromatic rings. The molecule has 0 saturated carbocycles. The van der Waals surface area contributed by atoms with Gasteiger partial charge >= 0.3 is 0 Å². The van der Waals surface area contributed by atoms with E-state index in [9.17, 15) is 14.9 Å². The molecule has 0 N–H and O–H groups in total. The second kappa shape index (κ2) is 5.01. The van der Waals surface area contributed by atoms with Crippen LogP contribution < -0.4 is 0 Å². The van der Waals surface area contributed by atoms with Crippen molar-refractivity contribution in [3.8, 4) is 0 Å². The van der Waals surface area contributed by atoms with Crippen LogP contribution in [0.2, 0.25) is 5.02 Å². The van der Waals surface area contributed by atoms with E-state index in [-0.39, 0.29) is 5.69 Å². The summed E-state index contributed by atoms with van der Waals surface area (Å²) in [7, 11) is 0. The number of hydrogen-bond donors (Lipinski definition) is 0. The molecule has 0 spiro atoms. The van der Waals surface area contributed by atoms with Crippen molar-refractivity contribution in [2.75, 3.05) is 0 Å². The van der Waals surface area contributed by atoms with E-state index in [0.717, 1.165) is 11.8 Å². The first-order valence-corrected chi connectivity index (χ1v) is 5.53. The summed E-state index contributed by atoms with van der Waals surface area (Å²) in [6.45, 7) is 0.401. The van der Waals surface area contributed by atoms with Gasteiger partial charge in [0.25, 0.3) is 5.69 Å². The molecule has 0 aliphatic rings. The van der Waals surface area contributed by atoms with Gasteiger partial charge in [-0.15, -0.1) is 0 Å². The Kier molecular flexibility index (Phi) is 3.43. The van der Waals surface area contributed by atoms with Crippen LogP contribution in [0.15, 0.2) is 36.5 Å². The number of rotatable bonds is 4. The number of benzene rings is 1. The van der Waals surface area contributed by atoms with Gasteiger partial charge in [-0.05, 0) is 23.8 Å². The lowest BCUT2D eigenvalue weighted by molar-refractivity contribution is -0.384. The third-order valence-corrected chi connectivity index (χ3v) is 2.93. The number of aromatic nitrogens is 1. The van der Waals surface area contributed by atoms with Gasteiger partial charge in [-0.3, -0.25) is 14.9 Å². The Hall–Kier alpha value is -2.14. The molecule has 1 aromatic heterocycles. The van der Waals surface area contributed by atoms with Crippen LogP contribution in [0.5, 0.6) is 0 Å². The Morgan fingerprint density at radius 1 is 1.39 bits per heavy atom. The van der Waals surface area contributed by atoms with Gasteiger partial charge in [0.2, 0.25) is 0 Å². The molecule has 18 heavy (non-hydrogen) atoms. The molecule has 1 aromatic carbocycles. The highest BCUT2D eigenvalue weighted by Crippen LogP contribution is 2.23. The fourth-order valence-corrected chi connectivity index (χ4v) is 1.87. The van der Waals surface area contributed by atoms with Gasteiger partial charge < -0.3 is 4.57 Å². The van der Waals surface area contributed by atoms with Gasteiger partial charge in [-0.2, -0.15) is 0 Å². The molecule has 2 rings (SSSR count). The maximum atomic E-state index is 10.8. The van der Waals surface area contributed by atoms with E-state index in [2.05, 4.69) is 0 Å². The number of carbonyl (C=O) groups is 1. The van der Waals surface area contributed by atoms with Crippen molar-refractivity contribution in [3.63, 3.8) is 0 Å². The number of nitro benzene ring substituents is 1. The molecular formula is C12H9ClN2O3. The third kappa shape index (κ3) is 2.41. The first kappa shape index (κ1) is 12.3. The summed E-state index contributed by atoms with van der Waals surface area (Å²) in [4.78, 5) is 20.8. The van der Waals surface area contributed by atoms with Gasteiger partial charge in [-0.25, -0.2) is 0 Å². The molecule has 0 bridgehead atoms. The van der Waals surface area contributed by atoms with Crippen molar-refractivity contribution < 1.29 is 9.72 Å². The molecule has 0 amide bonds. The Labute approximate surface area is 108 Å². The van der Waals surface area contributed by atoms with E-state index >= 15 is 0 Å². The summed E-state index contributed by atoms with van der Waals surface area (Å²) < 4.78 is 1.72. The van der Waals surface area contributed by atoms with Crippen molar-refractivity contribution in [2.24, 2.45) is 0 Å². The maximum absolute atomic E-state index is 10.8. The largest absolute Gasteiger partial charge is 0.341 e. The minimum absolute atomic E-state index is 0.0492. The predicted octanol–water partition coefficient (Wildman–Crippen LogP) is 2.91. The van der Waals surface area contributed by atoms with Crippen LogP contribution >= 0.6 is 11.6 Å². The lowest BCUT2D eigenvalue weighted by atomic mass is 10.2. The number of nitro groups is 1. The van der Waals surface area contributed by atoms with E-state index in [4.69, 9.17) is 11.6 Å². The second-order valence-corrected chi connectivity index (χ2v) is 4.12. The Bertz CT molecular complexity index is 607. The normalized spacial score (nSPS) is 10.3. The second-order valence-electron chi connectivity index (χ2n) is 3.71. The van der Waals surface area contributed by atoms with Crippen LogP contribution in [0.1, 0.15) is 16.1 Å². The van der Waals surface area contributed by atoms with Crippen molar-refractivity contribution in [1.29, 1.82) is 0 Å². The number of halogens is 1. The van der Waals surface area contributed by atoms with Gasteiger partial charge in [0, 0.05) is 24.9 Å². The predicted molar refractivity (Wildman–Crippen MR) is 67.0 cm³/mol. The van der Waals surface area contributed by atoms with E-state index in [1.54, 1.807) is 29.0 Å². The molecule has 0 radical (unpaired) electrons. The summed E-state index contributed by atoms with van der Waals surface area (Å²) in [6, 6.07) is 7.73. The van der Waals surface area contributed by atoms with Crippen molar-refractivity contribution in [2.45, 2.75) is 6.54 Å². The van der Waals surface area contributed by atoms with Crippen LogP contribution in [-0.4, -0.2) is 15.8 Å². The average Bonchev–Trinajstić information content (AvgIpc) is 2.78. The topological polar surface area (TPSA) is 65.1 Å². The Morgan fingerprint density at radius 3 is 2.78 bits per heavy atom. The number of hydrogen-bond acceptors (Lipinski definition) is 3. The Morgan fingerprint density at radius 2 is 2.17 bits per heavy atom. The molecule has 92 valence electrons. The minimum Gasteiger partial charge on any atom is -0.341 e. The highest BCUT2D eigenvalue weighted by atomic mass is 35.5. The van der Waals surface area contributed by atoms with Crippen LogP contribution in [0.4, 0.5) is 5.69 Å². The van der Waals surface area contributed by atoms with Gasteiger partial charge in [-0.1, -0.05) is 11.6 Å². The molecule has 0 aliphatic carbocycles. The number of carbonyl (C=O) groups excluding carboxylic acids is 1. The zero-order chi connectivity index (χ0) is 13.1. The number of aldehydes is 1. The monoisotopic (exact) mass is 264 g/mol. The Balaban J connectivity index is 2.30. The van der Waals surface area contributed by atoms with Gasteiger partial charge in [0.1, 0.15) is 0 Å². The molecule has 6 heteroatoms. The average molecular weight is 265 g/mol. The van der Waals surface area contributed by atoms with Crippen molar-refractivity contribution in [1.82, 2.24) is 4.57 Å². The van der Waals surface area contributed by atoms with Crippen molar-refractivity contribution in [3.05, 3.63) is 62.9 Å². The summed E-state index contributed by atoms with van der Waals surface area (Å²) in [5.74, 6) is 0. The summed E-state index contributed by atoms with van der Waals surface area (Å²) in [6.07, 6.45) is 2.50. The van der Waals surface area contributed by atoms with Crippen LogP contribution in [0, 0.1) is 10.1 Å². The minimum atomic E-state index is -0.498. The third-order valence-electron chi connectivity index (χ3n) is 2.57. The van der Waals surface area contributed by atoms with E-state index in [1.165, 1.54) is 12.1 Å². The van der Waals surface area contributed by atoms with E-state index < -0.39 is 4.92 Å². The molecule has 0 saturated heterocycles. The molecule has 0 fully saturated rings. The molecule has 1 heterocycles. The van der Waals surface area contributed by atoms with Gasteiger partial charge in [0.05, 0.1) is 15.6 Å². The van der Waals surface area contributed by atoms with E-state index in [0.29, 0.717) is 17.3 Å². The number of nitrogens with zero attached hydrogens (tertiary/aromatic N) is 2. The zero-order valence-electron chi connectivity index (χ0n) is 9.25. The fraction of sp³-hybridized carbons (Fsp3) is 0.0833. The summed E-state index contributed by atoms with van der Waals surface area (Å²) in [5, 5.41) is 10.9. The lowest BCUT2D eigenvalue weighted by Crippen LogP contribution is -2.03. The zero-order valence-corrected chi connectivity index (χ0v) is 10.0. The maximum Gasteiger partial charge on any atom is 0.270 e. The summed E-state index contributed by atoms with van der Waals surface area (Å²) in [5.41, 5.74) is 1.21. The first-order valence-electron chi connectivity index (χ1n) is 5.15. The highest BCUT2D eigenvalue weighted by molar-refractivity contribution is 6.31. The smallest absolute Gasteiger partial charge is 0.270 e. The molecule has 0 unspecified atom stereocenters. The number of non-ortho nitro benzene ring substituents is 1. The quantitative estimate of drug-likeness (QED) is 0.484. The SMILES string of the molecule is O=Cc1cccn1Cc1ccc([N+](=O)[O-])cc1Cl.